The summed E-state index contributed by atoms with van der Waals surface area (Å²) < 4.78 is 4.93. The lowest BCUT2D eigenvalue weighted by Gasteiger charge is -2.35. The van der Waals surface area contributed by atoms with E-state index in [-0.39, 0.29) is 6.03 Å². The van der Waals surface area contributed by atoms with Crippen molar-refractivity contribution >= 4 is 29.1 Å². The van der Waals surface area contributed by atoms with E-state index in [2.05, 4.69) is 15.4 Å². The van der Waals surface area contributed by atoms with Crippen LogP contribution in [0.3, 0.4) is 0 Å². The summed E-state index contributed by atoms with van der Waals surface area (Å²) in [7, 11) is 0. The molecule has 0 bridgehead atoms. The van der Waals surface area contributed by atoms with Gasteiger partial charge in [-0.2, -0.15) is 0 Å². The number of urea groups is 1. The number of amides is 2. The van der Waals surface area contributed by atoms with Crippen LogP contribution in [0.4, 0.5) is 16.3 Å². The van der Waals surface area contributed by atoms with Crippen LogP contribution >= 0.6 is 11.6 Å². The van der Waals surface area contributed by atoms with Crippen LogP contribution < -0.4 is 10.2 Å². The lowest BCUT2D eigenvalue weighted by Crippen LogP contribution is -2.50. The van der Waals surface area contributed by atoms with Gasteiger partial charge < -0.3 is 14.3 Å². The van der Waals surface area contributed by atoms with Gasteiger partial charge in [0.15, 0.2) is 5.82 Å². The molecule has 1 aliphatic rings. The van der Waals surface area contributed by atoms with Crippen molar-refractivity contribution in [2.45, 2.75) is 6.92 Å². The first-order valence-electron chi connectivity index (χ1n) is 7.11. The van der Waals surface area contributed by atoms with Gasteiger partial charge in [0.05, 0.1) is 0 Å². The molecule has 2 amide bonds. The van der Waals surface area contributed by atoms with Gasteiger partial charge in [-0.3, -0.25) is 5.32 Å². The predicted octanol–water partition coefficient (Wildman–Crippen LogP) is 2.99. The molecule has 0 unspecified atom stereocenters. The Labute approximate surface area is 133 Å². The molecule has 0 aliphatic carbocycles. The van der Waals surface area contributed by atoms with E-state index in [1.807, 2.05) is 24.3 Å². The van der Waals surface area contributed by atoms with Crippen LogP contribution in [0.5, 0.6) is 0 Å². The topological polar surface area (TPSA) is 61.6 Å². The Morgan fingerprint density at radius 1 is 1.27 bits per heavy atom. The minimum atomic E-state index is -0.154. The SMILES string of the molecule is Cc1cc(NC(=O)N2CCN(c3cccc(Cl)c3)CC2)no1. The Bertz CT molecular complexity index is 665. The van der Waals surface area contributed by atoms with Gasteiger partial charge in [-0.15, -0.1) is 0 Å². The number of carbonyl (C=O) groups excluding carboxylic acids is 1. The van der Waals surface area contributed by atoms with E-state index in [0.29, 0.717) is 24.7 Å². The van der Waals surface area contributed by atoms with Crippen molar-refractivity contribution in [2.24, 2.45) is 0 Å². The average molecular weight is 321 g/mol. The molecule has 6 nitrogen and oxygen atoms in total. The molecule has 7 heteroatoms. The molecule has 22 heavy (non-hydrogen) atoms. The second-order valence-corrected chi connectivity index (χ2v) is 5.64. The minimum Gasteiger partial charge on any atom is -0.368 e. The summed E-state index contributed by atoms with van der Waals surface area (Å²) in [5.41, 5.74) is 1.08. The Balaban J connectivity index is 1.56. The molecule has 2 heterocycles. The number of anilines is 2. The Morgan fingerprint density at radius 3 is 2.68 bits per heavy atom. The molecule has 116 valence electrons. The van der Waals surface area contributed by atoms with Gasteiger partial charge in [0, 0.05) is 43.0 Å². The van der Waals surface area contributed by atoms with Crippen molar-refractivity contribution in [3.05, 3.63) is 41.1 Å². The van der Waals surface area contributed by atoms with Crippen molar-refractivity contribution in [3.63, 3.8) is 0 Å². The smallest absolute Gasteiger partial charge is 0.323 e. The molecule has 3 rings (SSSR count). The van der Waals surface area contributed by atoms with Crippen LogP contribution in [0.1, 0.15) is 5.76 Å². The van der Waals surface area contributed by atoms with Crippen LogP contribution in [0.25, 0.3) is 0 Å². The van der Waals surface area contributed by atoms with Crippen LogP contribution in [0.2, 0.25) is 5.02 Å². The van der Waals surface area contributed by atoms with Gasteiger partial charge in [-0.25, -0.2) is 4.79 Å². The third kappa shape index (κ3) is 3.33. The molecule has 1 aromatic heterocycles. The second kappa shape index (κ2) is 6.27. The number of aromatic nitrogens is 1. The number of benzene rings is 1. The maximum atomic E-state index is 12.2. The van der Waals surface area contributed by atoms with Crippen molar-refractivity contribution in [3.8, 4) is 0 Å². The second-order valence-electron chi connectivity index (χ2n) is 5.21. The third-order valence-electron chi connectivity index (χ3n) is 3.60. The molecule has 0 saturated carbocycles. The quantitative estimate of drug-likeness (QED) is 0.924. The van der Waals surface area contributed by atoms with Gasteiger partial charge >= 0.3 is 6.03 Å². The molecule has 1 fully saturated rings. The highest BCUT2D eigenvalue weighted by molar-refractivity contribution is 6.30. The fraction of sp³-hybridized carbons (Fsp3) is 0.333. The highest BCUT2D eigenvalue weighted by atomic mass is 35.5. The molecule has 1 N–H and O–H groups in total. The van der Waals surface area contributed by atoms with Gasteiger partial charge in [0.2, 0.25) is 0 Å². The zero-order valence-corrected chi connectivity index (χ0v) is 13.0. The van der Waals surface area contributed by atoms with Crippen molar-refractivity contribution in [1.82, 2.24) is 10.1 Å². The van der Waals surface area contributed by atoms with Crippen LogP contribution in [-0.4, -0.2) is 42.3 Å². The number of hydrogen-bond acceptors (Lipinski definition) is 4. The van der Waals surface area contributed by atoms with E-state index in [0.717, 1.165) is 23.8 Å². The largest absolute Gasteiger partial charge is 0.368 e. The average Bonchev–Trinajstić information content (AvgIpc) is 2.92. The molecule has 2 aromatic rings. The molecular formula is C15H17ClN4O2. The highest BCUT2D eigenvalue weighted by Gasteiger charge is 2.22. The number of nitrogens with one attached hydrogen (secondary N) is 1. The van der Waals surface area contributed by atoms with E-state index < -0.39 is 0 Å². The number of carbonyl (C=O) groups is 1. The Kier molecular flexibility index (Phi) is 4.20. The first-order chi connectivity index (χ1) is 10.6. The molecule has 0 atom stereocenters. The van der Waals surface area contributed by atoms with Gasteiger partial charge in [0.1, 0.15) is 5.76 Å². The van der Waals surface area contributed by atoms with Gasteiger partial charge in [-0.05, 0) is 25.1 Å². The number of halogens is 1. The number of aryl methyl sites for hydroxylation is 1. The maximum Gasteiger partial charge on any atom is 0.323 e. The third-order valence-corrected chi connectivity index (χ3v) is 3.84. The highest BCUT2D eigenvalue weighted by Crippen LogP contribution is 2.21. The van der Waals surface area contributed by atoms with E-state index in [4.69, 9.17) is 16.1 Å². The van der Waals surface area contributed by atoms with E-state index in [9.17, 15) is 4.79 Å². The van der Waals surface area contributed by atoms with E-state index in [1.165, 1.54) is 0 Å². The summed E-state index contributed by atoms with van der Waals surface area (Å²) in [6, 6.07) is 9.30. The van der Waals surface area contributed by atoms with Gasteiger partial charge in [0.25, 0.3) is 0 Å². The minimum absolute atomic E-state index is 0.154. The first kappa shape index (κ1) is 14.7. The molecular weight excluding hydrogens is 304 g/mol. The van der Waals surface area contributed by atoms with Crippen LogP contribution in [0, 0.1) is 6.92 Å². The maximum absolute atomic E-state index is 12.2. The molecule has 0 radical (unpaired) electrons. The zero-order chi connectivity index (χ0) is 15.5. The summed E-state index contributed by atoms with van der Waals surface area (Å²) in [4.78, 5) is 16.2. The van der Waals surface area contributed by atoms with E-state index >= 15 is 0 Å². The van der Waals surface area contributed by atoms with Crippen LogP contribution in [0.15, 0.2) is 34.9 Å². The molecule has 0 spiro atoms. The van der Waals surface area contributed by atoms with Crippen molar-refractivity contribution in [1.29, 1.82) is 0 Å². The number of nitrogens with zero attached hydrogens (tertiary/aromatic N) is 3. The Morgan fingerprint density at radius 2 is 2.05 bits per heavy atom. The summed E-state index contributed by atoms with van der Waals surface area (Å²) in [5, 5.41) is 7.22. The molecule has 1 aromatic carbocycles. The summed E-state index contributed by atoms with van der Waals surface area (Å²) in [6.07, 6.45) is 0. The van der Waals surface area contributed by atoms with E-state index in [1.54, 1.807) is 17.9 Å². The van der Waals surface area contributed by atoms with Crippen LogP contribution in [-0.2, 0) is 0 Å². The fourth-order valence-electron chi connectivity index (χ4n) is 2.45. The normalized spacial score (nSPS) is 15.0. The summed E-state index contributed by atoms with van der Waals surface area (Å²) >= 11 is 6.02. The van der Waals surface area contributed by atoms with Gasteiger partial charge in [-0.1, -0.05) is 22.8 Å². The fourth-order valence-corrected chi connectivity index (χ4v) is 2.64. The molecule has 1 aliphatic heterocycles. The monoisotopic (exact) mass is 320 g/mol. The Hall–Kier alpha value is -2.21. The summed E-state index contributed by atoms with van der Waals surface area (Å²) in [6.45, 7) is 4.62. The molecule has 1 saturated heterocycles. The zero-order valence-electron chi connectivity index (χ0n) is 12.3. The van der Waals surface area contributed by atoms with Crippen molar-refractivity contribution in [2.75, 3.05) is 36.4 Å². The van der Waals surface area contributed by atoms with Crippen molar-refractivity contribution < 1.29 is 9.32 Å². The summed E-state index contributed by atoms with van der Waals surface area (Å²) in [5.74, 6) is 1.11. The first-order valence-corrected chi connectivity index (χ1v) is 7.49. The number of rotatable bonds is 2. The lowest BCUT2D eigenvalue weighted by atomic mass is 10.2. The predicted molar refractivity (Wildman–Crippen MR) is 85.5 cm³/mol. The standard InChI is InChI=1S/C15H17ClN4O2/c1-11-9-14(18-22-11)17-15(21)20-7-5-19(6-8-20)13-4-2-3-12(16)10-13/h2-4,9-10H,5-8H2,1H3,(H,17,18,21). The number of piperazine rings is 1. The lowest BCUT2D eigenvalue weighted by molar-refractivity contribution is 0.208. The number of hydrogen-bond donors (Lipinski definition) is 1.